The Balaban J connectivity index is 2.13. The molecular formula is C25H39NO3S. The Labute approximate surface area is 186 Å². The van der Waals surface area contributed by atoms with Gasteiger partial charge in [-0.25, -0.2) is 0 Å². The molecule has 0 saturated carbocycles. The topological polar surface area (TPSA) is 61.7 Å². The minimum atomic E-state index is 0.194. The highest BCUT2D eigenvalue weighted by Gasteiger charge is 2.20. The van der Waals surface area contributed by atoms with Gasteiger partial charge in [-0.15, -0.1) is 0 Å². The number of nitrogens with one attached hydrogen (secondary N) is 1. The van der Waals surface area contributed by atoms with Crippen LogP contribution in [0.4, 0.5) is 0 Å². The molecule has 1 aliphatic rings. The quantitative estimate of drug-likeness (QED) is 0.189. The van der Waals surface area contributed by atoms with Gasteiger partial charge >= 0.3 is 0 Å². The van der Waals surface area contributed by atoms with Crippen LogP contribution in [0.25, 0.3) is 0 Å². The molecule has 0 aliphatic carbocycles. The lowest BCUT2D eigenvalue weighted by atomic mass is 10.00. The second kappa shape index (κ2) is 13.1. The molecule has 168 valence electrons. The Morgan fingerprint density at radius 2 is 2.00 bits per heavy atom. The van der Waals surface area contributed by atoms with Gasteiger partial charge in [-0.1, -0.05) is 43.1 Å². The summed E-state index contributed by atoms with van der Waals surface area (Å²) in [4.78, 5) is 0.842. The van der Waals surface area contributed by atoms with Crippen molar-refractivity contribution in [1.29, 1.82) is 0 Å². The molecule has 1 fully saturated rings. The van der Waals surface area contributed by atoms with Crippen LogP contribution in [0, 0.1) is 0 Å². The van der Waals surface area contributed by atoms with Gasteiger partial charge in [0.1, 0.15) is 11.5 Å². The third-order valence-electron chi connectivity index (χ3n) is 5.49. The number of rotatable bonds is 13. The zero-order chi connectivity index (χ0) is 21.9. The molecule has 1 aromatic carbocycles. The lowest BCUT2D eigenvalue weighted by Gasteiger charge is -2.26. The highest BCUT2D eigenvalue weighted by molar-refractivity contribution is 7.97. The van der Waals surface area contributed by atoms with Crippen LogP contribution >= 0.6 is 11.9 Å². The van der Waals surface area contributed by atoms with E-state index in [1.807, 2.05) is 6.07 Å². The number of allylic oxidation sites excluding steroid dienone is 4. The van der Waals surface area contributed by atoms with Crippen LogP contribution in [0.3, 0.4) is 0 Å². The number of unbranched alkanes of at least 4 members (excludes halogenated alkanes) is 2. The zero-order valence-corrected chi connectivity index (χ0v) is 19.9. The number of hydrogen-bond acceptors (Lipinski definition) is 5. The van der Waals surface area contributed by atoms with Crippen molar-refractivity contribution in [1.82, 2.24) is 4.72 Å². The van der Waals surface area contributed by atoms with Crippen LogP contribution < -0.4 is 4.72 Å². The maximum absolute atomic E-state index is 11.0. The second-order valence-electron chi connectivity index (χ2n) is 8.47. The van der Waals surface area contributed by atoms with Crippen LogP contribution in [0.15, 0.2) is 34.3 Å². The third-order valence-corrected chi connectivity index (χ3v) is 6.46. The average molecular weight is 434 g/mol. The van der Waals surface area contributed by atoms with Gasteiger partial charge in [0.25, 0.3) is 0 Å². The number of aromatic hydroxyl groups is 2. The van der Waals surface area contributed by atoms with Crippen molar-refractivity contribution < 1.29 is 14.9 Å². The summed E-state index contributed by atoms with van der Waals surface area (Å²) < 4.78 is 8.83. The SMILES string of the molecule is CCCCCc1cc(O)c(C/C=C(\C)CCC=C(C)C)c(O)c1SNCC1CCO1. The molecule has 1 saturated heterocycles. The fourth-order valence-corrected chi connectivity index (χ4v) is 4.34. The van der Waals surface area contributed by atoms with Gasteiger partial charge < -0.3 is 14.9 Å². The van der Waals surface area contributed by atoms with Gasteiger partial charge in [-0.2, -0.15) is 0 Å². The monoisotopic (exact) mass is 433 g/mol. The summed E-state index contributed by atoms with van der Waals surface area (Å²) >= 11 is 1.46. The first-order chi connectivity index (χ1) is 14.4. The minimum absolute atomic E-state index is 0.194. The Bertz CT molecular complexity index is 734. The normalized spacial score (nSPS) is 16.4. The summed E-state index contributed by atoms with van der Waals surface area (Å²) in [7, 11) is 0. The zero-order valence-electron chi connectivity index (χ0n) is 19.1. The molecule has 0 bridgehead atoms. The molecule has 0 radical (unpaired) electrons. The molecule has 5 heteroatoms. The van der Waals surface area contributed by atoms with Crippen molar-refractivity contribution in [2.24, 2.45) is 0 Å². The average Bonchev–Trinajstić information content (AvgIpc) is 2.65. The number of ether oxygens (including phenoxy) is 1. The number of benzene rings is 1. The summed E-state index contributed by atoms with van der Waals surface area (Å²) in [5, 5.41) is 21.6. The van der Waals surface area contributed by atoms with Crippen molar-refractivity contribution in [3.05, 3.63) is 40.5 Å². The van der Waals surface area contributed by atoms with Gasteiger partial charge in [0, 0.05) is 18.7 Å². The number of hydrogen-bond donors (Lipinski definition) is 3. The van der Waals surface area contributed by atoms with Gasteiger partial charge in [0.2, 0.25) is 0 Å². The van der Waals surface area contributed by atoms with Crippen LogP contribution in [0.5, 0.6) is 11.5 Å². The molecule has 2 rings (SSSR count). The maximum atomic E-state index is 11.0. The standard InChI is InChI=1S/C25H39NO3S/c1-5-6-7-11-20-16-23(27)22(13-12-19(4)10-8-9-18(2)3)24(28)25(20)30-26-17-21-14-15-29-21/h9,12,16,21,26-28H,5-8,10-11,13-15,17H2,1-4H3/b19-12+. The van der Waals surface area contributed by atoms with E-state index in [1.54, 1.807) is 0 Å². The first-order valence-corrected chi connectivity index (χ1v) is 12.1. The van der Waals surface area contributed by atoms with Gasteiger partial charge in [-0.3, -0.25) is 4.72 Å². The molecule has 1 unspecified atom stereocenters. The molecule has 1 aliphatic heterocycles. The summed E-state index contributed by atoms with van der Waals surface area (Å²) in [6, 6.07) is 1.85. The lowest BCUT2D eigenvalue weighted by Crippen LogP contribution is -2.34. The minimum Gasteiger partial charge on any atom is -0.508 e. The van der Waals surface area contributed by atoms with Crippen molar-refractivity contribution in [3.8, 4) is 11.5 Å². The highest BCUT2D eigenvalue weighted by atomic mass is 32.2. The Kier molecular flexibility index (Phi) is 10.8. The van der Waals surface area contributed by atoms with E-state index in [4.69, 9.17) is 4.74 Å². The molecule has 0 spiro atoms. The largest absolute Gasteiger partial charge is 0.508 e. The van der Waals surface area contributed by atoms with Crippen molar-refractivity contribution in [3.63, 3.8) is 0 Å². The first kappa shape index (κ1) is 24.8. The molecule has 4 nitrogen and oxygen atoms in total. The van der Waals surface area contributed by atoms with Crippen LogP contribution in [-0.2, 0) is 17.6 Å². The van der Waals surface area contributed by atoms with E-state index in [-0.39, 0.29) is 17.6 Å². The fourth-order valence-electron chi connectivity index (χ4n) is 3.41. The van der Waals surface area contributed by atoms with Crippen LogP contribution in [-0.4, -0.2) is 29.5 Å². The molecule has 1 atom stereocenters. The Morgan fingerprint density at radius 1 is 1.23 bits per heavy atom. The van der Waals surface area contributed by atoms with E-state index in [0.717, 1.165) is 68.6 Å². The number of aryl methyl sites for hydroxylation is 1. The molecule has 1 heterocycles. The fraction of sp³-hybridized carbons (Fsp3) is 0.600. The van der Waals surface area contributed by atoms with E-state index in [0.29, 0.717) is 12.0 Å². The second-order valence-corrected chi connectivity index (χ2v) is 9.38. The number of phenols is 2. The van der Waals surface area contributed by atoms with Gasteiger partial charge in [-0.05, 0) is 82.9 Å². The predicted molar refractivity (Wildman–Crippen MR) is 127 cm³/mol. The van der Waals surface area contributed by atoms with Crippen molar-refractivity contribution in [2.45, 2.75) is 90.1 Å². The molecule has 0 amide bonds. The molecule has 1 aromatic rings. The molecular weight excluding hydrogens is 394 g/mol. The van der Waals surface area contributed by atoms with Gasteiger partial charge in [0.15, 0.2) is 0 Å². The highest BCUT2D eigenvalue weighted by Crippen LogP contribution is 2.40. The van der Waals surface area contributed by atoms with E-state index < -0.39 is 0 Å². The van der Waals surface area contributed by atoms with Gasteiger partial charge in [0.05, 0.1) is 11.0 Å². The summed E-state index contributed by atoms with van der Waals surface area (Å²) in [5.41, 5.74) is 4.23. The smallest absolute Gasteiger partial charge is 0.137 e. The van der Waals surface area contributed by atoms with Crippen molar-refractivity contribution >= 4 is 11.9 Å². The summed E-state index contributed by atoms with van der Waals surface area (Å²) in [6.07, 6.45) is 12.5. The maximum Gasteiger partial charge on any atom is 0.137 e. The van der Waals surface area contributed by atoms with E-state index in [1.165, 1.54) is 23.1 Å². The van der Waals surface area contributed by atoms with E-state index in [2.05, 4.69) is 44.6 Å². The number of phenolic OH excluding ortho intramolecular Hbond substituents is 2. The van der Waals surface area contributed by atoms with Crippen LogP contribution in [0.2, 0.25) is 0 Å². The van der Waals surface area contributed by atoms with Crippen molar-refractivity contribution in [2.75, 3.05) is 13.2 Å². The Hall–Kier alpha value is -1.43. The molecule has 3 N–H and O–H groups in total. The van der Waals surface area contributed by atoms with E-state index >= 15 is 0 Å². The van der Waals surface area contributed by atoms with E-state index in [9.17, 15) is 10.2 Å². The lowest BCUT2D eigenvalue weighted by molar-refractivity contribution is -0.0452. The first-order valence-electron chi connectivity index (χ1n) is 11.3. The summed E-state index contributed by atoms with van der Waals surface area (Å²) in [5.74, 6) is 0.404. The third kappa shape index (κ3) is 8.01. The molecule has 30 heavy (non-hydrogen) atoms. The predicted octanol–water partition coefficient (Wildman–Crippen LogP) is 6.45. The van der Waals surface area contributed by atoms with Crippen LogP contribution in [0.1, 0.15) is 77.3 Å². The Morgan fingerprint density at radius 3 is 2.63 bits per heavy atom. The molecule has 0 aromatic heterocycles. The summed E-state index contributed by atoms with van der Waals surface area (Å²) in [6.45, 7) is 10.1.